The van der Waals surface area contributed by atoms with Gasteiger partial charge in [-0.2, -0.15) is 10.1 Å². The largest absolute Gasteiger partial charge is 0.317 e. The van der Waals surface area contributed by atoms with Crippen LogP contribution >= 0.6 is 11.3 Å². The Morgan fingerprint density at radius 2 is 2.05 bits per heavy atom. The van der Waals surface area contributed by atoms with Crippen molar-refractivity contribution >= 4 is 27.5 Å². The van der Waals surface area contributed by atoms with E-state index in [0.717, 1.165) is 21.6 Å². The van der Waals surface area contributed by atoms with Crippen LogP contribution in [0.2, 0.25) is 0 Å². The summed E-state index contributed by atoms with van der Waals surface area (Å²) in [6, 6.07) is 6.00. The third-order valence-corrected chi connectivity index (χ3v) is 4.79. The molecule has 5 nitrogen and oxygen atoms in total. The predicted octanol–water partition coefficient (Wildman–Crippen LogP) is 2.81. The van der Waals surface area contributed by atoms with Gasteiger partial charge in [0.05, 0.1) is 10.2 Å². The Hall–Kier alpha value is -2.21. The van der Waals surface area contributed by atoms with E-state index in [2.05, 4.69) is 47.6 Å². The van der Waals surface area contributed by atoms with Gasteiger partial charge in [0.1, 0.15) is 0 Å². The SMILES string of the molecule is CCn1c(=NC(=O)c2ccn(C)n2)sc2cc(C)c(C)cc21. The molecular weight excluding hydrogens is 296 g/mol. The molecule has 22 heavy (non-hydrogen) atoms. The van der Waals surface area contributed by atoms with Crippen molar-refractivity contribution in [2.45, 2.75) is 27.3 Å². The smallest absolute Gasteiger partial charge is 0.300 e. The summed E-state index contributed by atoms with van der Waals surface area (Å²) in [5.74, 6) is -0.303. The zero-order valence-corrected chi connectivity index (χ0v) is 13.9. The number of amides is 1. The minimum absolute atomic E-state index is 0.303. The molecule has 0 unspecified atom stereocenters. The molecule has 6 heteroatoms. The van der Waals surface area contributed by atoms with Gasteiger partial charge in [-0.25, -0.2) is 0 Å². The highest BCUT2D eigenvalue weighted by Crippen LogP contribution is 2.22. The number of fused-ring (bicyclic) bond motifs is 1. The molecule has 0 bridgehead atoms. The summed E-state index contributed by atoms with van der Waals surface area (Å²) in [6.07, 6.45) is 1.74. The van der Waals surface area contributed by atoms with Crippen molar-refractivity contribution in [1.29, 1.82) is 0 Å². The molecule has 1 aromatic carbocycles. The maximum Gasteiger partial charge on any atom is 0.300 e. The van der Waals surface area contributed by atoms with E-state index < -0.39 is 0 Å². The van der Waals surface area contributed by atoms with Crippen molar-refractivity contribution in [3.63, 3.8) is 0 Å². The average Bonchev–Trinajstić information content (AvgIpc) is 3.03. The zero-order valence-electron chi connectivity index (χ0n) is 13.1. The van der Waals surface area contributed by atoms with Crippen molar-refractivity contribution < 1.29 is 4.79 Å². The van der Waals surface area contributed by atoms with Gasteiger partial charge in [-0.3, -0.25) is 9.48 Å². The van der Waals surface area contributed by atoms with Gasteiger partial charge in [0, 0.05) is 19.8 Å². The first kappa shape index (κ1) is 14.7. The van der Waals surface area contributed by atoms with Crippen molar-refractivity contribution in [3.8, 4) is 0 Å². The summed E-state index contributed by atoms with van der Waals surface area (Å²) >= 11 is 1.54. The summed E-state index contributed by atoms with van der Waals surface area (Å²) in [4.78, 5) is 17.3. The Morgan fingerprint density at radius 1 is 1.32 bits per heavy atom. The van der Waals surface area contributed by atoms with Crippen molar-refractivity contribution in [2.24, 2.45) is 12.0 Å². The van der Waals surface area contributed by atoms with E-state index in [9.17, 15) is 4.79 Å². The zero-order chi connectivity index (χ0) is 15.9. The fraction of sp³-hybridized carbons (Fsp3) is 0.312. The number of thiazole rings is 1. The van der Waals surface area contributed by atoms with Gasteiger partial charge < -0.3 is 4.57 Å². The first-order valence-corrected chi connectivity index (χ1v) is 8.00. The molecule has 2 aromatic heterocycles. The lowest BCUT2D eigenvalue weighted by Gasteiger charge is -2.03. The Bertz CT molecular complexity index is 929. The highest BCUT2D eigenvalue weighted by Gasteiger charge is 2.11. The normalized spacial score (nSPS) is 12.3. The fourth-order valence-electron chi connectivity index (χ4n) is 2.39. The highest BCUT2D eigenvalue weighted by molar-refractivity contribution is 7.16. The van der Waals surface area contributed by atoms with Crippen LogP contribution in [0.5, 0.6) is 0 Å². The Morgan fingerprint density at radius 3 is 2.68 bits per heavy atom. The lowest BCUT2D eigenvalue weighted by Crippen LogP contribution is -2.16. The molecule has 0 saturated carbocycles. The number of nitrogens with zero attached hydrogens (tertiary/aromatic N) is 4. The van der Waals surface area contributed by atoms with Crippen molar-refractivity contribution in [1.82, 2.24) is 14.3 Å². The molecule has 2 heterocycles. The van der Waals surface area contributed by atoms with Crippen molar-refractivity contribution in [3.05, 3.63) is 46.0 Å². The van der Waals surface area contributed by atoms with Crippen LogP contribution in [0.25, 0.3) is 10.2 Å². The van der Waals surface area contributed by atoms with E-state index in [0.29, 0.717) is 5.69 Å². The molecule has 0 aliphatic rings. The second kappa shape index (κ2) is 5.53. The third kappa shape index (κ3) is 2.50. The van der Waals surface area contributed by atoms with Crippen molar-refractivity contribution in [2.75, 3.05) is 0 Å². The topological polar surface area (TPSA) is 52.2 Å². The fourth-order valence-corrected chi connectivity index (χ4v) is 3.56. The van der Waals surface area contributed by atoms with Gasteiger partial charge in [-0.1, -0.05) is 11.3 Å². The average molecular weight is 314 g/mol. The molecule has 0 spiro atoms. The molecule has 0 atom stereocenters. The van der Waals surface area contributed by atoms with Crippen LogP contribution in [0.3, 0.4) is 0 Å². The van der Waals surface area contributed by atoms with Gasteiger partial charge >= 0.3 is 0 Å². The molecule has 1 amide bonds. The molecule has 3 rings (SSSR count). The first-order chi connectivity index (χ1) is 10.5. The van der Waals surface area contributed by atoms with E-state index in [1.165, 1.54) is 11.1 Å². The van der Waals surface area contributed by atoms with Crippen LogP contribution in [-0.2, 0) is 13.6 Å². The first-order valence-electron chi connectivity index (χ1n) is 7.19. The number of benzene rings is 1. The number of rotatable bonds is 2. The molecule has 0 aliphatic carbocycles. The second-order valence-corrected chi connectivity index (χ2v) is 6.33. The molecule has 0 aliphatic heterocycles. The molecule has 0 radical (unpaired) electrons. The van der Waals surface area contributed by atoms with Gasteiger partial charge in [0.15, 0.2) is 10.5 Å². The molecule has 0 saturated heterocycles. The van der Waals surface area contributed by atoms with Crippen LogP contribution in [0.15, 0.2) is 29.4 Å². The predicted molar refractivity (Wildman–Crippen MR) is 88.1 cm³/mol. The lowest BCUT2D eigenvalue weighted by molar-refractivity contribution is 0.0992. The summed E-state index contributed by atoms with van der Waals surface area (Å²) in [6.45, 7) is 7.03. The van der Waals surface area contributed by atoms with Gasteiger partial charge in [0.2, 0.25) is 0 Å². The second-order valence-electron chi connectivity index (χ2n) is 5.32. The maximum absolute atomic E-state index is 12.3. The number of hydrogen-bond donors (Lipinski definition) is 0. The molecular formula is C16H18N4OS. The Labute approximate surface area is 132 Å². The van der Waals surface area contributed by atoms with E-state index in [1.54, 1.807) is 35.3 Å². The molecule has 114 valence electrons. The standard InChI is InChI=1S/C16H18N4OS/c1-5-20-13-8-10(2)11(3)9-14(13)22-16(20)17-15(21)12-6-7-19(4)18-12/h6-9H,5H2,1-4H3. The van der Waals surface area contributed by atoms with Crippen LogP contribution in [0, 0.1) is 13.8 Å². The number of hydrogen-bond acceptors (Lipinski definition) is 3. The van der Waals surface area contributed by atoms with E-state index in [4.69, 9.17) is 0 Å². The molecule has 0 fully saturated rings. The van der Waals surface area contributed by atoms with Gasteiger partial charge in [0.25, 0.3) is 5.91 Å². The van der Waals surface area contributed by atoms with E-state index >= 15 is 0 Å². The minimum atomic E-state index is -0.303. The van der Waals surface area contributed by atoms with Crippen LogP contribution in [-0.4, -0.2) is 20.3 Å². The van der Waals surface area contributed by atoms with Crippen LogP contribution in [0.1, 0.15) is 28.5 Å². The highest BCUT2D eigenvalue weighted by atomic mass is 32.1. The number of carbonyl (C=O) groups excluding carboxylic acids is 1. The quantitative estimate of drug-likeness (QED) is 0.730. The van der Waals surface area contributed by atoms with E-state index in [-0.39, 0.29) is 5.91 Å². The van der Waals surface area contributed by atoms with Crippen LogP contribution < -0.4 is 4.80 Å². The molecule has 3 aromatic rings. The Kier molecular flexibility index (Phi) is 3.70. The van der Waals surface area contributed by atoms with E-state index in [1.807, 2.05) is 0 Å². The number of carbonyl (C=O) groups is 1. The maximum atomic E-state index is 12.3. The lowest BCUT2D eigenvalue weighted by atomic mass is 10.1. The number of aromatic nitrogens is 3. The summed E-state index contributed by atoms with van der Waals surface area (Å²) in [7, 11) is 1.79. The Balaban J connectivity index is 2.17. The van der Waals surface area contributed by atoms with Gasteiger partial charge in [-0.05, 0) is 50.1 Å². The minimum Gasteiger partial charge on any atom is -0.317 e. The summed E-state index contributed by atoms with van der Waals surface area (Å²) < 4.78 is 4.83. The summed E-state index contributed by atoms with van der Waals surface area (Å²) in [5.41, 5.74) is 3.99. The summed E-state index contributed by atoms with van der Waals surface area (Å²) in [5, 5.41) is 4.11. The van der Waals surface area contributed by atoms with Crippen LogP contribution in [0.4, 0.5) is 0 Å². The van der Waals surface area contributed by atoms with Gasteiger partial charge in [-0.15, -0.1) is 0 Å². The monoisotopic (exact) mass is 314 g/mol. The number of aryl methyl sites for hydroxylation is 4. The third-order valence-electron chi connectivity index (χ3n) is 3.74. The molecule has 0 N–H and O–H groups in total.